The van der Waals surface area contributed by atoms with Gasteiger partial charge >= 0.3 is 0 Å². The number of Topliss-reactive ketones (excluding diaryl/α,β-unsaturated/α-hetero) is 1. The van der Waals surface area contributed by atoms with Gasteiger partial charge in [-0.05, 0) is 32.9 Å². The molecule has 0 fully saturated rings. The molecule has 100 valence electrons. The van der Waals surface area contributed by atoms with E-state index in [1.165, 1.54) is 6.92 Å². The second-order valence-corrected chi connectivity index (χ2v) is 5.49. The van der Waals surface area contributed by atoms with Crippen molar-refractivity contribution in [3.63, 3.8) is 0 Å². The summed E-state index contributed by atoms with van der Waals surface area (Å²) in [6.45, 7) is 9.40. The van der Waals surface area contributed by atoms with Crippen molar-refractivity contribution in [1.82, 2.24) is 10.2 Å². The maximum absolute atomic E-state index is 12.1. The molecular weight excluding hydrogens is 216 g/mol. The van der Waals surface area contributed by atoms with Gasteiger partial charge in [-0.25, -0.2) is 0 Å². The Hall–Kier alpha value is -0.900. The van der Waals surface area contributed by atoms with E-state index in [2.05, 4.69) is 5.32 Å². The molecule has 2 atom stereocenters. The number of nitrogens with one attached hydrogen (secondary N) is 1. The molecule has 1 N–H and O–H groups in total. The fourth-order valence-electron chi connectivity index (χ4n) is 2.11. The molecule has 0 aromatic carbocycles. The molecule has 0 aliphatic rings. The number of carbonyl (C=O) groups excluding carboxylic acids is 2. The van der Waals surface area contributed by atoms with Crippen molar-refractivity contribution in [3.05, 3.63) is 0 Å². The number of nitrogens with zero attached hydrogens (tertiary/aromatic N) is 1. The summed E-state index contributed by atoms with van der Waals surface area (Å²) in [5, 5.41) is 2.85. The highest BCUT2D eigenvalue weighted by molar-refractivity contribution is 5.89. The first-order valence-corrected chi connectivity index (χ1v) is 6.15. The maximum atomic E-state index is 12.1. The highest BCUT2D eigenvalue weighted by atomic mass is 16.2. The monoisotopic (exact) mass is 242 g/mol. The normalized spacial score (nSPS) is 15.2. The molecule has 0 aromatic rings. The molecule has 4 nitrogen and oxygen atoms in total. The van der Waals surface area contributed by atoms with Gasteiger partial charge in [0.2, 0.25) is 5.91 Å². The Morgan fingerprint density at radius 1 is 1.00 bits per heavy atom. The van der Waals surface area contributed by atoms with Gasteiger partial charge in [0.1, 0.15) is 0 Å². The number of amides is 1. The van der Waals surface area contributed by atoms with E-state index >= 15 is 0 Å². The van der Waals surface area contributed by atoms with Crippen LogP contribution in [0.3, 0.4) is 0 Å². The summed E-state index contributed by atoms with van der Waals surface area (Å²) in [6.07, 6.45) is 0. The lowest BCUT2D eigenvalue weighted by Gasteiger charge is -2.29. The summed E-state index contributed by atoms with van der Waals surface area (Å²) in [5.41, 5.74) is 0. The SMILES string of the molecule is CC(=O)[C@@H](NC(=O)C(C(C)C)N(C)C)C(C)C. The van der Waals surface area contributed by atoms with Crippen molar-refractivity contribution in [2.45, 2.75) is 46.7 Å². The highest BCUT2D eigenvalue weighted by Crippen LogP contribution is 2.10. The summed E-state index contributed by atoms with van der Waals surface area (Å²) in [6, 6.07) is -0.584. The van der Waals surface area contributed by atoms with Gasteiger partial charge in [-0.1, -0.05) is 27.7 Å². The lowest BCUT2D eigenvalue weighted by molar-refractivity contribution is -0.131. The van der Waals surface area contributed by atoms with Gasteiger partial charge in [-0.3, -0.25) is 14.5 Å². The average Bonchev–Trinajstić information content (AvgIpc) is 2.11. The van der Waals surface area contributed by atoms with Gasteiger partial charge in [-0.2, -0.15) is 0 Å². The van der Waals surface area contributed by atoms with Crippen LogP contribution >= 0.6 is 0 Å². The lowest BCUT2D eigenvalue weighted by Crippen LogP contribution is -2.52. The first kappa shape index (κ1) is 16.1. The van der Waals surface area contributed by atoms with Crippen LogP contribution in [0.4, 0.5) is 0 Å². The number of hydrogen-bond donors (Lipinski definition) is 1. The Labute approximate surface area is 105 Å². The Bertz CT molecular complexity index is 265. The number of hydrogen-bond acceptors (Lipinski definition) is 3. The molecule has 0 heterocycles. The Morgan fingerprint density at radius 2 is 1.47 bits per heavy atom. The highest BCUT2D eigenvalue weighted by Gasteiger charge is 2.28. The predicted molar refractivity (Wildman–Crippen MR) is 69.8 cm³/mol. The van der Waals surface area contributed by atoms with E-state index in [4.69, 9.17) is 0 Å². The molecule has 0 rings (SSSR count). The second kappa shape index (κ2) is 6.74. The van der Waals surface area contributed by atoms with E-state index in [-0.39, 0.29) is 35.6 Å². The van der Waals surface area contributed by atoms with Crippen molar-refractivity contribution in [2.75, 3.05) is 14.1 Å². The zero-order valence-electron chi connectivity index (χ0n) is 12.1. The minimum Gasteiger partial charge on any atom is -0.345 e. The van der Waals surface area contributed by atoms with Crippen molar-refractivity contribution < 1.29 is 9.59 Å². The van der Waals surface area contributed by atoms with Crippen LogP contribution in [0, 0.1) is 11.8 Å². The van der Waals surface area contributed by atoms with E-state index in [1.807, 2.05) is 46.7 Å². The largest absolute Gasteiger partial charge is 0.345 e. The van der Waals surface area contributed by atoms with Crippen molar-refractivity contribution in [3.8, 4) is 0 Å². The minimum absolute atomic E-state index is 0.00890. The van der Waals surface area contributed by atoms with E-state index in [1.54, 1.807) is 0 Å². The second-order valence-electron chi connectivity index (χ2n) is 5.49. The number of ketones is 1. The van der Waals surface area contributed by atoms with Gasteiger partial charge in [0, 0.05) is 0 Å². The molecule has 1 amide bonds. The smallest absolute Gasteiger partial charge is 0.238 e. The third kappa shape index (κ3) is 4.86. The quantitative estimate of drug-likeness (QED) is 0.764. The summed E-state index contributed by atoms with van der Waals surface area (Å²) < 4.78 is 0. The fraction of sp³-hybridized carbons (Fsp3) is 0.846. The molecule has 0 aliphatic heterocycles. The maximum Gasteiger partial charge on any atom is 0.238 e. The molecule has 0 saturated carbocycles. The molecule has 0 aliphatic carbocycles. The summed E-state index contributed by atoms with van der Waals surface area (Å²) in [7, 11) is 3.75. The first-order chi connectivity index (χ1) is 7.68. The van der Waals surface area contributed by atoms with Gasteiger partial charge in [-0.15, -0.1) is 0 Å². The number of rotatable bonds is 6. The molecular formula is C13H26N2O2. The molecule has 0 bridgehead atoms. The van der Waals surface area contributed by atoms with Gasteiger partial charge in [0.15, 0.2) is 5.78 Å². The topological polar surface area (TPSA) is 49.4 Å². The lowest BCUT2D eigenvalue weighted by atomic mass is 9.98. The molecule has 0 aromatic heterocycles. The summed E-state index contributed by atoms with van der Waals surface area (Å²) >= 11 is 0. The van der Waals surface area contributed by atoms with Crippen molar-refractivity contribution in [2.24, 2.45) is 11.8 Å². The van der Waals surface area contributed by atoms with Crippen LogP contribution in [0.5, 0.6) is 0 Å². The summed E-state index contributed by atoms with van der Waals surface area (Å²) in [5.74, 6) is 0.268. The number of likely N-dealkylation sites (N-methyl/N-ethyl adjacent to an activating group) is 1. The third-order valence-electron chi connectivity index (χ3n) is 2.86. The Kier molecular flexibility index (Phi) is 6.39. The van der Waals surface area contributed by atoms with E-state index in [9.17, 15) is 9.59 Å². The van der Waals surface area contributed by atoms with E-state index in [0.29, 0.717) is 0 Å². The van der Waals surface area contributed by atoms with E-state index < -0.39 is 0 Å². The van der Waals surface area contributed by atoms with Crippen LogP contribution < -0.4 is 5.32 Å². The molecule has 1 unspecified atom stereocenters. The van der Waals surface area contributed by atoms with Crippen LogP contribution in [0.15, 0.2) is 0 Å². The van der Waals surface area contributed by atoms with E-state index in [0.717, 1.165) is 0 Å². The van der Waals surface area contributed by atoms with Crippen molar-refractivity contribution in [1.29, 1.82) is 0 Å². The number of carbonyl (C=O) groups is 2. The third-order valence-corrected chi connectivity index (χ3v) is 2.86. The van der Waals surface area contributed by atoms with Crippen LogP contribution in [0.1, 0.15) is 34.6 Å². The average molecular weight is 242 g/mol. The van der Waals surface area contributed by atoms with Crippen molar-refractivity contribution >= 4 is 11.7 Å². The van der Waals surface area contributed by atoms with Gasteiger partial charge in [0.25, 0.3) is 0 Å². The Morgan fingerprint density at radius 3 is 1.71 bits per heavy atom. The van der Waals surface area contributed by atoms with Crippen LogP contribution in [-0.2, 0) is 9.59 Å². The van der Waals surface area contributed by atoms with Crippen LogP contribution in [-0.4, -0.2) is 42.8 Å². The summed E-state index contributed by atoms with van der Waals surface area (Å²) in [4.78, 5) is 25.5. The Balaban J connectivity index is 4.75. The standard InChI is InChI=1S/C13H26N2O2/c1-8(2)11(10(5)16)14-13(17)12(9(3)4)15(6)7/h8-9,11-12H,1-7H3,(H,14,17)/t11-,12?/m0/s1. The van der Waals surface area contributed by atoms with Crippen LogP contribution in [0.25, 0.3) is 0 Å². The molecule has 17 heavy (non-hydrogen) atoms. The molecule has 0 saturated heterocycles. The first-order valence-electron chi connectivity index (χ1n) is 6.15. The predicted octanol–water partition coefficient (Wildman–Crippen LogP) is 1.30. The zero-order valence-corrected chi connectivity index (χ0v) is 12.1. The molecule has 4 heteroatoms. The molecule has 0 spiro atoms. The van der Waals surface area contributed by atoms with Crippen LogP contribution in [0.2, 0.25) is 0 Å². The molecule has 0 radical (unpaired) electrons. The zero-order chi connectivity index (χ0) is 13.7. The fourth-order valence-corrected chi connectivity index (χ4v) is 2.11. The minimum atomic E-state index is -0.385. The van der Waals surface area contributed by atoms with Gasteiger partial charge < -0.3 is 5.32 Å². The van der Waals surface area contributed by atoms with Gasteiger partial charge in [0.05, 0.1) is 12.1 Å².